The third-order valence-corrected chi connectivity index (χ3v) is 5.45. The molecular formula is C18H21N2O3+. The number of nitrogens with zero attached hydrogens (tertiary/aromatic N) is 1. The number of rotatable bonds is 2. The van der Waals surface area contributed by atoms with Crippen molar-refractivity contribution in [1.82, 2.24) is 4.98 Å². The van der Waals surface area contributed by atoms with Gasteiger partial charge in [-0.2, -0.15) is 4.65 Å². The van der Waals surface area contributed by atoms with E-state index in [-0.39, 0.29) is 17.9 Å². The Bertz CT molecular complexity index is 823. The van der Waals surface area contributed by atoms with Crippen molar-refractivity contribution in [3.63, 3.8) is 0 Å². The lowest BCUT2D eigenvalue weighted by atomic mass is 9.76. The van der Waals surface area contributed by atoms with Crippen molar-refractivity contribution in [2.24, 2.45) is 0 Å². The van der Waals surface area contributed by atoms with Crippen LogP contribution in [-0.4, -0.2) is 49.5 Å². The number of hydrogen-bond acceptors (Lipinski definition) is 3. The molecule has 1 aromatic heterocycles. The van der Waals surface area contributed by atoms with Gasteiger partial charge in [0.1, 0.15) is 12.6 Å². The van der Waals surface area contributed by atoms with Gasteiger partial charge in [0.05, 0.1) is 32.8 Å². The molecule has 120 valence electrons. The number of benzene rings is 1. The lowest BCUT2D eigenvalue weighted by molar-refractivity contribution is -1.10. The number of aromatic nitrogens is 1. The molecule has 1 aliphatic carbocycles. The molecule has 1 aromatic carbocycles. The second-order valence-electron chi connectivity index (χ2n) is 6.58. The molecule has 0 spiro atoms. The maximum atomic E-state index is 12.1. The average molecular weight is 313 g/mol. The maximum absolute atomic E-state index is 12.1. The van der Waals surface area contributed by atoms with Crippen molar-refractivity contribution in [3.05, 3.63) is 47.2 Å². The summed E-state index contributed by atoms with van der Waals surface area (Å²) in [5.41, 5.74) is 4.43. The van der Waals surface area contributed by atoms with Crippen molar-refractivity contribution >= 4 is 16.9 Å². The number of likely N-dealkylation sites (N-methyl/N-ethyl adjacent to an activating group) is 1. The van der Waals surface area contributed by atoms with Gasteiger partial charge in [0, 0.05) is 23.5 Å². The van der Waals surface area contributed by atoms with Crippen molar-refractivity contribution in [2.45, 2.75) is 18.4 Å². The van der Waals surface area contributed by atoms with Gasteiger partial charge in [0.25, 0.3) is 0 Å². The number of hydroxylamine groups is 3. The molecule has 5 nitrogen and oxygen atoms in total. The molecule has 0 radical (unpaired) electrons. The summed E-state index contributed by atoms with van der Waals surface area (Å²) in [7, 11) is 5.19. The first-order chi connectivity index (χ1) is 11.1. The number of quaternary nitrogens is 1. The second-order valence-corrected chi connectivity index (χ2v) is 6.58. The zero-order valence-electron chi connectivity index (χ0n) is 13.6. The second kappa shape index (κ2) is 4.94. The minimum absolute atomic E-state index is 0.148. The number of H-pyrrole nitrogens is 1. The number of hydrogen-bond donors (Lipinski definition) is 1. The minimum Gasteiger partial charge on any atom is -0.465 e. The molecule has 0 fully saturated rings. The summed E-state index contributed by atoms with van der Waals surface area (Å²) in [6.45, 7) is 0.528. The molecule has 0 saturated heterocycles. The van der Waals surface area contributed by atoms with Crippen molar-refractivity contribution in [1.29, 1.82) is 0 Å². The smallest absolute Gasteiger partial charge is 0.339 e. The van der Waals surface area contributed by atoms with E-state index in [1.54, 1.807) is 7.11 Å². The van der Waals surface area contributed by atoms with Crippen LogP contribution in [0.3, 0.4) is 0 Å². The molecule has 1 N–H and O–H groups in total. The topological polar surface area (TPSA) is 51.3 Å². The fourth-order valence-electron chi connectivity index (χ4n) is 4.21. The third-order valence-electron chi connectivity index (χ3n) is 5.45. The summed E-state index contributed by atoms with van der Waals surface area (Å²) in [4.78, 5) is 21.3. The molecule has 0 amide bonds. The van der Waals surface area contributed by atoms with Crippen LogP contribution in [0.5, 0.6) is 0 Å². The molecule has 3 atom stereocenters. The molecular weight excluding hydrogens is 292 g/mol. The van der Waals surface area contributed by atoms with Crippen molar-refractivity contribution in [2.75, 3.05) is 27.8 Å². The van der Waals surface area contributed by atoms with Crippen LogP contribution >= 0.6 is 0 Å². The van der Waals surface area contributed by atoms with E-state index in [9.17, 15) is 4.79 Å². The molecule has 2 aromatic rings. The van der Waals surface area contributed by atoms with Crippen molar-refractivity contribution < 1.29 is 19.0 Å². The van der Waals surface area contributed by atoms with Gasteiger partial charge in [-0.15, -0.1) is 0 Å². The molecule has 2 heterocycles. The largest absolute Gasteiger partial charge is 0.465 e. The highest BCUT2D eigenvalue weighted by Crippen LogP contribution is 2.44. The molecule has 2 aliphatic rings. The number of ether oxygens (including phenoxy) is 1. The van der Waals surface area contributed by atoms with Crippen LogP contribution in [0.25, 0.3) is 10.9 Å². The number of nitrogens with one attached hydrogen (secondary N) is 1. The monoisotopic (exact) mass is 313 g/mol. The molecule has 0 saturated carbocycles. The van der Waals surface area contributed by atoms with Crippen LogP contribution in [0.2, 0.25) is 0 Å². The summed E-state index contributed by atoms with van der Waals surface area (Å²) >= 11 is 0. The van der Waals surface area contributed by atoms with E-state index in [1.807, 2.05) is 7.05 Å². The zero-order chi connectivity index (χ0) is 16.2. The zero-order valence-corrected chi connectivity index (χ0v) is 13.6. The van der Waals surface area contributed by atoms with Gasteiger partial charge >= 0.3 is 5.97 Å². The Balaban J connectivity index is 1.93. The predicted molar refractivity (Wildman–Crippen MR) is 86.7 cm³/mol. The Kier molecular flexibility index (Phi) is 3.11. The number of esters is 1. The summed E-state index contributed by atoms with van der Waals surface area (Å²) < 4.78 is 5.34. The Morgan fingerprint density at radius 3 is 2.91 bits per heavy atom. The predicted octanol–water partition coefficient (Wildman–Crippen LogP) is 2.30. The molecule has 5 heteroatoms. The van der Waals surface area contributed by atoms with E-state index in [1.165, 1.54) is 23.6 Å². The van der Waals surface area contributed by atoms with Gasteiger partial charge in [0.2, 0.25) is 0 Å². The quantitative estimate of drug-likeness (QED) is 0.684. The highest BCUT2D eigenvalue weighted by molar-refractivity contribution is 5.91. The number of carbonyl (C=O) groups excluding carboxylic acids is 1. The van der Waals surface area contributed by atoms with Gasteiger partial charge < -0.3 is 9.72 Å². The molecule has 2 unspecified atom stereocenters. The van der Waals surface area contributed by atoms with Crippen LogP contribution in [0, 0.1) is 0 Å². The van der Waals surface area contributed by atoms with Gasteiger partial charge in [-0.25, -0.2) is 9.63 Å². The summed E-state index contributed by atoms with van der Waals surface area (Å²) in [5, 5.41) is 1.29. The van der Waals surface area contributed by atoms with Crippen LogP contribution in [0.1, 0.15) is 17.0 Å². The minimum atomic E-state index is -0.267. The van der Waals surface area contributed by atoms with Crippen LogP contribution in [0.4, 0.5) is 0 Å². The summed E-state index contributed by atoms with van der Waals surface area (Å²) in [6.07, 6.45) is 5.11. The maximum Gasteiger partial charge on any atom is 0.339 e. The average Bonchev–Trinajstić information content (AvgIpc) is 2.99. The Hall–Kier alpha value is -2.11. The summed E-state index contributed by atoms with van der Waals surface area (Å²) in [6, 6.07) is 6.58. The molecule has 0 bridgehead atoms. The van der Waals surface area contributed by atoms with Gasteiger partial charge in [-0.05, 0) is 17.2 Å². The number of carbonyl (C=O) groups is 1. The third kappa shape index (κ3) is 1.97. The van der Waals surface area contributed by atoms with Crippen LogP contribution in [-0.2, 0) is 20.8 Å². The Labute approximate surface area is 135 Å². The SMILES string of the molecule is COC(=O)C1=CC2c3cccc4[nH]cc(c34)C[C@H]2[N+](C)(OC)C1. The normalized spacial score (nSPS) is 29.1. The Morgan fingerprint density at radius 2 is 2.17 bits per heavy atom. The van der Waals surface area contributed by atoms with Gasteiger partial charge in [-0.1, -0.05) is 18.2 Å². The van der Waals surface area contributed by atoms with E-state index in [2.05, 4.69) is 35.5 Å². The Morgan fingerprint density at radius 1 is 1.35 bits per heavy atom. The van der Waals surface area contributed by atoms with E-state index in [0.29, 0.717) is 16.8 Å². The lowest BCUT2D eigenvalue weighted by Crippen LogP contribution is -2.59. The van der Waals surface area contributed by atoms with Gasteiger partial charge in [-0.3, -0.25) is 0 Å². The first-order valence-corrected chi connectivity index (χ1v) is 7.86. The number of fused-ring (bicyclic) bond motifs is 2. The van der Waals surface area contributed by atoms with E-state index in [0.717, 1.165) is 11.9 Å². The first-order valence-electron chi connectivity index (χ1n) is 7.86. The fourth-order valence-corrected chi connectivity index (χ4v) is 4.21. The first kappa shape index (κ1) is 14.5. The number of aromatic amines is 1. The van der Waals surface area contributed by atoms with Crippen LogP contribution < -0.4 is 0 Å². The van der Waals surface area contributed by atoms with Gasteiger partial charge in [0.15, 0.2) is 0 Å². The lowest BCUT2D eigenvalue weighted by Gasteiger charge is -2.45. The fraction of sp³-hybridized carbons (Fsp3) is 0.389. The molecule has 4 rings (SSSR count). The van der Waals surface area contributed by atoms with E-state index < -0.39 is 0 Å². The standard InChI is InChI=1S/C18H21N2O3/c1-20(23-3)10-12(18(21)22-2)7-14-13-5-4-6-15-17(13)11(9-19-15)8-16(14)20/h4-7,9,14,16,19H,8,10H2,1-3H3/q+1/t14?,16-,20?/m1/s1. The molecule has 23 heavy (non-hydrogen) atoms. The molecule has 1 aliphatic heterocycles. The van der Waals surface area contributed by atoms with E-state index >= 15 is 0 Å². The highest BCUT2D eigenvalue weighted by Gasteiger charge is 2.48. The van der Waals surface area contributed by atoms with Crippen LogP contribution in [0.15, 0.2) is 36.0 Å². The highest BCUT2D eigenvalue weighted by atomic mass is 16.7. The summed E-state index contributed by atoms with van der Waals surface area (Å²) in [5.74, 6) is -0.119. The number of methoxy groups -OCH3 is 1. The van der Waals surface area contributed by atoms with E-state index in [4.69, 9.17) is 9.57 Å². The van der Waals surface area contributed by atoms with Crippen molar-refractivity contribution in [3.8, 4) is 0 Å².